The number of hydrogen-bond donors (Lipinski definition) is 0. The number of rotatable bonds is 7. The molecule has 0 unspecified atom stereocenters. The number of thiazole rings is 1. The van der Waals surface area contributed by atoms with Crippen LogP contribution in [0.2, 0.25) is 0 Å². The van der Waals surface area contributed by atoms with Gasteiger partial charge in [0.15, 0.2) is 4.80 Å². The Bertz CT molecular complexity index is 1760. The Morgan fingerprint density at radius 3 is 2.58 bits per heavy atom. The Morgan fingerprint density at radius 2 is 1.90 bits per heavy atom. The second kappa shape index (κ2) is 10.6. The van der Waals surface area contributed by atoms with Crippen LogP contribution in [0.1, 0.15) is 37.9 Å². The number of para-hydroxylation sites is 1. The molecule has 3 aromatic rings. The van der Waals surface area contributed by atoms with Gasteiger partial charge in [-0.3, -0.25) is 14.2 Å². The molecule has 0 fully saturated rings. The molecule has 9 nitrogen and oxygen atoms in total. The molecule has 2 aliphatic rings. The fraction of sp³-hybridized carbons (Fsp3) is 0.267. The van der Waals surface area contributed by atoms with Crippen LogP contribution in [0.15, 0.2) is 76.2 Å². The molecule has 1 amide bonds. The van der Waals surface area contributed by atoms with Crippen LogP contribution in [0.4, 0.5) is 5.69 Å². The lowest BCUT2D eigenvalue weighted by molar-refractivity contribution is -0.143. The number of carbonyl (C=O) groups excluding carboxylic acids is 2. The van der Waals surface area contributed by atoms with Crippen molar-refractivity contribution < 1.29 is 23.8 Å². The standard InChI is InChI=1S/C30H29N3O6S/c1-7-14-32-21-11-9-8-10-19(21)24(27(32)34)26-28(35)33-25(20-15-18(37-5)12-13-22(20)38-6)23(29(36)39-16(2)3)17(4)31-30(33)40-26/h7-13,15-16,25H,1,14H2,2-6H3/b26-24-/t25-/m1/s1. The fourth-order valence-corrected chi connectivity index (χ4v) is 6.20. The van der Waals surface area contributed by atoms with E-state index in [0.717, 1.165) is 11.3 Å². The smallest absolute Gasteiger partial charge is 0.338 e. The van der Waals surface area contributed by atoms with Crippen molar-refractivity contribution in [1.29, 1.82) is 0 Å². The molecule has 1 atom stereocenters. The maximum absolute atomic E-state index is 14.3. The van der Waals surface area contributed by atoms with Gasteiger partial charge in [0.1, 0.15) is 22.1 Å². The fourth-order valence-electron chi connectivity index (χ4n) is 5.07. The maximum atomic E-state index is 14.3. The van der Waals surface area contributed by atoms with Gasteiger partial charge in [-0.25, -0.2) is 9.79 Å². The molecule has 2 aromatic carbocycles. The second-order valence-corrected chi connectivity index (χ2v) is 10.5. The summed E-state index contributed by atoms with van der Waals surface area (Å²) >= 11 is 1.11. The minimum Gasteiger partial charge on any atom is -0.497 e. The van der Waals surface area contributed by atoms with E-state index >= 15 is 0 Å². The summed E-state index contributed by atoms with van der Waals surface area (Å²) in [6.07, 6.45) is 1.25. The number of esters is 1. The maximum Gasteiger partial charge on any atom is 0.338 e. The number of fused-ring (bicyclic) bond motifs is 2. The van der Waals surface area contributed by atoms with Gasteiger partial charge in [0.05, 0.1) is 42.9 Å². The molecule has 1 aromatic heterocycles. The lowest BCUT2D eigenvalue weighted by atomic mass is 9.94. The number of hydrogen-bond acceptors (Lipinski definition) is 8. The molecule has 0 aliphatic carbocycles. The van der Waals surface area contributed by atoms with E-state index < -0.39 is 23.7 Å². The minimum atomic E-state index is -0.932. The molecule has 0 N–H and O–H groups in total. The zero-order chi connectivity index (χ0) is 28.7. The van der Waals surface area contributed by atoms with E-state index in [1.54, 1.807) is 49.9 Å². The van der Waals surface area contributed by atoms with Gasteiger partial charge in [0, 0.05) is 17.7 Å². The van der Waals surface area contributed by atoms with Crippen LogP contribution in [0.5, 0.6) is 11.5 Å². The van der Waals surface area contributed by atoms with Gasteiger partial charge in [0.2, 0.25) is 0 Å². The highest BCUT2D eigenvalue weighted by molar-refractivity contribution is 7.07. The predicted octanol–water partition coefficient (Wildman–Crippen LogP) is 3.11. The van der Waals surface area contributed by atoms with Crippen LogP contribution in [0.3, 0.4) is 0 Å². The van der Waals surface area contributed by atoms with Gasteiger partial charge in [0.25, 0.3) is 11.5 Å². The van der Waals surface area contributed by atoms with Gasteiger partial charge >= 0.3 is 5.97 Å². The number of aromatic nitrogens is 1. The van der Waals surface area contributed by atoms with Crippen LogP contribution < -0.4 is 29.3 Å². The van der Waals surface area contributed by atoms with Crippen molar-refractivity contribution in [3.8, 4) is 11.5 Å². The normalized spacial score (nSPS) is 17.4. The molecular weight excluding hydrogens is 530 g/mol. The van der Waals surface area contributed by atoms with E-state index in [2.05, 4.69) is 11.6 Å². The van der Waals surface area contributed by atoms with E-state index in [-0.39, 0.29) is 16.0 Å². The van der Waals surface area contributed by atoms with Crippen molar-refractivity contribution in [1.82, 2.24) is 4.57 Å². The van der Waals surface area contributed by atoms with Crippen LogP contribution in [-0.4, -0.2) is 43.3 Å². The van der Waals surface area contributed by atoms with Gasteiger partial charge in [-0.2, -0.15) is 0 Å². The van der Waals surface area contributed by atoms with Crippen molar-refractivity contribution in [2.75, 3.05) is 25.7 Å². The number of allylic oxidation sites excluding steroid dienone is 1. The summed E-state index contributed by atoms with van der Waals surface area (Å²) in [5, 5.41) is 0. The molecular formula is C30H29N3O6S. The summed E-state index contributed by atoms with van der Waals surface area (Å²) in [6, 6.07) is 11.6. The molecule has 0 spiro atoms. The van der Waals surface area contributed by atoms with E-state index in [0.29, 0.717) is 50.9 Å². The van der Waals surface area contributed by atoms with Crippen molar-refractivity contribution in [2.45, 2.75) is 32.9 Å². The number of anilines is 1. The molecule has 10 heteroatoms. The molecule has 0 bridgehead atoms. The van der Waals surface area contributed by atoms with Crippen LogP contribution >= 0.6 is 11.3 Å². The summed E-state index contributed by atoms with van der Waals surface area (Å²) in [7, 11) is 3.05. The Hall–Kier alpha value is -4.44. The first-order valence-electron chi connectivity index (χ1n) is 12.7. The first kappa shape index (κ1) is 27.1. The topological polar surface area (TPSA) is 99.4 Å². The molecule has 3 heterocycles. The highest BCUT2D eigenvalue weighted by Crippen LogP contribution is 2.39. The third kappa shape index (κ3) is 4.34. The molecule has 0 saturated carbocycles. The molecule has 0 saturated heterocycles. The number of methoxy groups -OCH3 is 2. The summed E-state index contributed by atoms with van der Waals surface area (Å²) in [4.78, 5) is 48.0. The summed E-state index contributed by atoms with van der Waals surface area (Å²) in [5.74, 6) is 0.0838. The predicted molar refractivity (Wildman–Crippen MR) is 152 cm³/mol. The largest absolute Gasteiger partial charge is 0.497 e. The van der Waals surface area contributed by atoms with Crippen molar-refractivity contribution in [3.63, 3.8) is 0 Å². The molecule has 40 heavy (non-hydrogen) atoms. The zero-order valence-corrected chi connectivity index (χ0v) is 23.7. The highest BCUT2D eigenvalue weighted by atomic mass is 32.1. The highest BCUT2D eigenvalue weighted by Gasteiger charge is 2.38. The quantitative estimate of drug-likeness (QED) is 0.326. The van der Waals surface area contributed by atoms with E-state index in [1.165, 1.54) is 18.8 Å². The van der Waals surface area contributed by atoms with Crippen molar-refractivity contribution in [3.05, 3.63) is 97.2 Å². The Kier molecular flexibility index (Phi) is 7.20. The van der Waals surface area contributed by atoms with Crippen molar-refractivity contribution in [2.24, 2.45) is 4.99 Å². The van der Waals surface area contributed by atoms with Gasteiger partial charge < -0.3 is 19.1 Å². The number of carbonyl (C=O) groups is 2. The monoisotopic (exact) mass is 559 g/mol. The molecule has 0 radical (unpaired) electrons. The van der Waals surface area contributed by atoms with Crippen LogP contribution in [0, 0.1) is 0 Å². The molecule has 206 valence electrons. The van der Waals surface area contributed by atoms with Gasteiger partial charge in [-0.05, 0) is 45.0 Å². The first-order valence-corrected chi connectivity index (χ1v) is 13.5. The van der Waals surface area contributed by atoms with Crippen molar-refractivity contribution >= 4 is 34.5 Å². The van der Waals surface area contributed by atoms with E-state index in [4.69, 9.17) is 14.2 Å². The molecule has 5 rings (SSSR count). The second-order valence-electron chi connectivity index (χ2n) is 9.56. The third-order valence-corrected chi connectivity index (χ3v) is 7.81. The minimum absolute atomic E-state index is 0.204. The number of benzene rings is 2. The van der Waals surface area contributed by atoms with E-state index in [9.17, 15) is 14.4 Å². The average molecular weight is 560 g/mol. The Labute approximate surface area is 234 Å². The Balaban J connectivity index is 1.85. The number of ether oxygens (including phenoxy) is 3. The Morgan fingerprint density at radius 1 is 1.15 bits per heavy atom. The van der Waals surface area contributed by atoms with Gasteiger partial charge in [-0.15, -0.1) is 6.58 Å². The number of nitrogens with zero attached hydrogens (tertiary/aromatic N) is 3. The number of amides is 1. The van der Waals surface area contributed by atoms with Crippen LogP contribution in [-0.2, 0) is 14.3 Å². The summed E-state index contributed by atoms with van der Waals surface area (Å²) in [5.41, 5.74) is 2.35. The SMILES string of the molecule is C=CCN1C(=O)/C(=c2\sc3n(c2=O)[C@H](c2cc(OC)ccc2OC)C(C(=O)OC(C)C)=C(C)N=3)c2ccccc21. The van der Waals surface area contributed by atoms with Gasteiger partial charge in [-0.1, -0.05) is 35.6 Å². The lowest BCUT2D eigenvalue weighted by Crippen LogP contribution is -2.41. The first-order chi connectivity index (χ1) is 19.2. The van der Waals surface area contributed by atoms with Crippen LogP contribution in [0.25, 0.3) is 5.57 Å². The lowest BCUT2D eigenvalue weighted by Gasteiger charge is -2.26. The molecule has 2 aliphatic heterocycles. The summed E-state index contributed by atoms with van der Waals surface area (Å²) < 4.78 is 18.4. The summed E-state index contributed by atoms with van der Waals surface area (Å²) in [6.45, 7) is 9.29. The zero-order valence-electron chi connectivity index (χ0n) is 22.9. The van der Waals surface area contributed by atoms with E-state index in [1.807, 2.05) is 24.3 Å². The third-order valence-electron chi connectivity index (χ3n) is 6.75. The average Bonchev–Trinajstić information content (AvgIpc) is 3.39.